The van der Waals surface area contributed by atoms with E-state index in [9.17, 15) is 5.11 Å². The average molecular weight is 410 g/mol. The van der Waals surface area contributed by atoms with Gasteiger partial charge in [-0.25, -0.2) is 0 Å². The zero-order chi connectivity index (χ0) is 14.8. The van der Waals surface area contributed by atoms with Crippen molar-refractivity contribution in [2.75, 3.05) is 0 Å². The van der Waals surface area contributed by atoms with Crippen LogP contribution in [0.15, 0.2) is 55.9 Å². The van der Waals surface area contributed by atoms with Gasteiger partial charge in [-0.05, 0) is 35.9 Å². The van der Waals surface area contributed by atoms with Crippen molar-refractivity contribution in [3.63, 3.8) is 0 Å². The number of hydrogen-bond donors (Lipinski definition) is 1. The normalized spacial score (nSPS) is 10.8. The van der Waals surface area contributed by atoms with Gasteiger partial charge in [0.15, 0.2) is 5.82 Å². The maximum Gasteiger partial charge on any atom is 0.261 e. The molecule has 0 radical (unpaired) electrons. The summed E-state index contributed by atoms with van der Waals surface area (Å²) in [5.41, 5.74) is 1.60. The monoisotopic (exact) mass is 408 g/mol. The molecule has 0 saturated carbocycles. The third-order valence-corrected chi connectivity index (χ3v) is 3.90. The SMILES string of the molecule is Oc1cc(Br)ccc1-c1nc(Cc2cccc(Br)c2)no1. The van der Waals surface area contributed by atoms with Crippen LogP contribution >= 0.6 is 31.9 Å². The van der Waals surface area contributed by atoms with Crippen LogP contribution in [0.5, 0.6) is 5.75 Å². The summed E-state index contributed by atoms with van der Waals surface area (Å²) in [5, 5.41) is 13.9. The van der Waals surface area contributed by atoms with E-state index in [-0.39, 0.29) is 5.75 Å². The van der Waals surface area contributed by atoms with Gasteiger partial charge in [0.25, 0.3) is 5.89 Å². The highest BCUT2D eigenvalue weighted by Crippen LogP contribution is 2.30. The van der Waals surface area contributed by atoms with Gasteiger partial charge in [-0.15, -0.1) is 0 Å². The summed E-state index contributed by atoms with van der Waals surface area (Å²) in [7, 11) is 0. The van der Waals surface area contributed by atoms with Crippen molar-refractivity contribution in [3.05, 3.63) is 62.8 Å². The van der Waals surface area contributed by atoms with Gasteiger partial charge in [-0.2, -0.15) is 4.98 Å². The second-order valence-corrected chi connectivity index (χ2v) is 6.32. The lowest BCUT2D eigenvalue weighted by molar-refractivity contribution is 0.418. The number of rotatable bonds is 3. The lowest BCUT2D eigenvalue weighted by atomic mass is 10.1. The van der Waals surface area contributed by atoms with Gasteiger partial charge in [0.2, 0.25) is 0 Å². The Bertz CT molecular complexity index is 787. The molecule has 0 atom stereocenters. The van der Waals surface area contributed by atoms with Crippen molar-refractivity contribution in [3.8, 4) is 17.2 Å². The van der Waals surface area contributed by atoms with Crippen molar-refractivity contribution in [2.45, 2.75) is 6.42 Å². The van der Waals surface area contributed by atoms with Gasteiger partial charge in [0, 0.05) is 15.4 Å². The summed E-state index contributed by atoms with van der Waals surface area (Å²) in [6.07, 6.45) is 0.570. The van der Waals surface area contributed by atoms with E-state index >= 15 is 0 Å². The molecule has 0 aliphatic heterocycles. The molecule has 21 heavy (non-hydrogen) atoms. The molecule has 0 amide bonds. The van der Waals surface area contributed by atoms with Crippen LogP contribution < -0.4 is 0 Å². The molecule has 106 valence electrons. The summed E-state index contributed by atoms with van der Waals surface area (Å²) < 4.78 is 7.02. The van der Waals surface area contributed by atoms with Gasteiger partial charge in [-0.1, -0.05) is 49.1 Å². The predicted octanol–water partition coefficient (Wildman–Crippen LogP) is 4.56. The van der Waals surface area contributed by atoms with Crippen molar-refractivity contribution >= 4 is 31.9 Å². The van der Waals surface area contributed by atoms with Crippen LogP contribution in [0.1, 0.15) is 11.4 Å². The first kappa shape index (κ1) is 14.3. The molecule has 0 saturated heterocycles. The summed E-state index contributed by atoms with van der Waals surface area (Å²) >= 11 is 6.73. The molecule has 0 unspecified atom stereocenters. The molecular weight excluding hydrogens is 400 g/mol. The Morgan fingerprint density at radius 2 is 1.86 bits per heavy atom. The van der Waals surface area contributed by atoms with Gasteiger partial charge in [0.05, 0.1) is 5.56 Å². The molecule has 0 fully saturated rings. The van der Waals surface area contributed by atoms with E-state index in [4.69, 9.17) is 4.52 Å². The first-order chi connectivity index (χ1) is 10.1. The highest BCUT2D eigenvalue weighted by Gasteiger charge is 2.13. The molecule has 2 aromatic carbocycles. The standard InChI is InChI=1S/C15H10Br2N2O2/c16-10-3-1-2-9(6-10)7-14-18-15(21-19-14)12-5-4-11(17)8-13(12)20/h1-6,8,20H,7H2. The van der Waals surface area contributed by atoms with Crippen LogP contribution in [0.4, 0.5) is 0 Å². The highest BCUT2D eigenvalue weighted by molar-refractivity contribution is 9.10. The summed E-state index contributed by atoms with van der Waals surface area (Å²) in [4.78, 5) is 4.33. The van der Waals surface area contributed by atoms with E-state index in [2.05, 4.69) is 42.0 Å². The molecular formula is C15H10Br2N2O2. The fourth-order valence-electron chi connectivity index (χ4n) is 1.95. The molecule has 3 rings (SSSR count). The molecule has 0 aliphatic carbocycles. The largest absolute Gasteiger partial charge is 0.507 e. The van der Waals surface area contributed by atoms with Crippen molar-refractivity contribution in [2.24, 2.45) is 0 Å². The zero-order valence-electron chi connectivity index (χ0n) is 10.8. The Hall–Kier alpha value is -1.66. The second-order valence-electron chi connectivity index (χ2n) is 4.48. The number of aromatic nitrogens is 2. The highest BCUT2D eigenvalue weighted by atomic mass is 79.9. The molecule has 1 N–H and O–H groups in total. The molecule has 6 heteroatoms. The van der Waals surface area contributed by atoms with Crippen molar-refractivity contribution in [1.29, 1.82) is 0 Å². The Morgan fingerprint density at radius 1 is 1.05 bits per heavy atom. The van der Waals surface area contributed by atoms with Gasteiger partial charge < -0.3 is 9.63 Å². The van der Waals surface area contributed by atoms with E-state index in [1.807, 2.05) is 30.3 Å². The van der Waals surface area contributed by atoms with Gasteiger partial charge in [-0.3, -0.25) is 0 Å². The quantitative estimate of drug-likeness (QED) is 0.688. The predicted molar refractivity (Wildman–Crippen MR) is 86.0 cm³/mol. The van der Waals surface area contributed by atoms with E-state index in [1.54, 1.807) is 12.1 Å². The van der Waals surface area contributed by atoms with Crippen LogP contribution in [0.3, 0.4) is 0 Å². The fourth-order valence-corrected chi connectivity index (χ4v) is 2.75. The lowest BCUT2D eigenvalue weighted by Crippen LogP contribution is -1.90. The molecule has 1 aromatic heterocycles. The number of benzene rings is 2. The molecule has 4 nitrogen and oxygen atoms in total. The fraction of sp³-hybridized carbons (Fsp3) is 0.0667. The molecule has 1 heterocycles. The van der Waals surface area contributed by atoms with E-state index in [0.717, 1.165) is 14.5 Å². The van der Waals surface area contributed by atoms with Gasteiger partial charge in [0.1, 0.15) is 5.75 Å². The van der Waals surface area contributed by atoms with Crippen molar-refractivity contribution in [1.82, 2.24) is 10.1 Å². The minimum atomic E-state index is 0.0991. The number of nitrogens with zero attached hydrogens (tertiary/aromatic N) is 2. The van der Waals surface area contributed by atoms with E-state index < -0.39 is 0 Å². The number of aromatic hydroxyl groups is 1. The third-order valence-electron chi connectivity index (χ3n) is 2.91. The molecule has 0 aliphatic rings. The first-order valence-electron chi connectivity index (χ1n) is 6.18. The number of phenols is 1. The zero-order valence-corrected chi connectivity index (χ0v) is 13.9. The van der Waals surface area contributed by atoms with Crippen LogP contribution in [0.2, 0.25) is 0 Å². The van der Waals surface area contributed by atoms with Gasteiger partial charge >= 0.3 is 0 Å². The topological polar surface area (TPSA) is 59.2 Å². The van der Waals surface area contributed by atoms with E-state index in [0.29, 0.717) is 23.7 Å². The summed E-state index contributed by atoms with van der Waals surface area (Å²) in [6, 6.07) is 13.1. The maximum absolute atomic E-state index is 9.92. The van der Waals surface area contributed by atoms with Crippen molar-refractivity contribution < 1.29 is 9.63 Å². The molecule has 0 bridgehead atoms. The number of hydrogen-bond acceptors (Lipinski definition) is 4. The second kappa shape index (κ2) is 5.99. The maximum atomic E-state index is 9.92. The minimum Gasteiger partial charge on any atom is -0.507 e. The lowest BCUT2D eigenvalue weighted by Gasteiger charge is -1.99. The van der Waals surface area contributed by atoms with E-state index in [1.165, 1.54) is 0 Å². The summed E-state index contributed by atoms with van der Waals surface area (Å²) in [5.74, 6) is 0.984. The Kier molecular flexibility index (Phi) is 4.07. The Balaban J connectivity index is 1.86. The van der Waals surface area contributed by atoms with Crippen LogP contribution in [0.25, 0.3) is 11.5 Å². The number of halogens is 2. The Labute approximate surface area is 138 Å². The van der Waals surface area contributed by atoms with Crippen LogP contribution in [-0.2, 0) is 6.42 Å². The Morgan fingerprint density at radius 3 is 2.62 bits per heavy atom. The third kappa shape index (κ3) is 3.33. The van der Waals surface area contributed by atoms with Crippen LogP contribution in [-0.4, -0.2) is 15.2 Å². The average Bonchev–Trinajstić information content (AvgIpc) is 2.87. The minimum absolute atomic E-state index is 0.0991. The summed E-state index contributed by atoms with van der Waals surface area (Å²) in [6.45, 7) is 0. The molecule has 0 spiro atoms. The molecule has 3 aromatic rings. The number of phenolic OH excluding ortho intramolecular Hbond substituents is 1. The first-order valence-corrected chi connectivity index (χ1v) is 7.76. The smallest absolute Gasteiger partial charge is 0.261 e. The van der Waals surface area contributed by atoms with Crippen LogP contribution in [0, 0.1) is 0 Å².